The number of amides is 1. The van der Waals surface area contributed by atoms with Gasteiger partial charge in [0.15, 0.2) is 0 Å². The smallest absolute Gasteiger partial charge is 0.269 e. The molecular formula is C22H29N4O3S+. The van der Waals surface area contributed by atoms with Crippen LogP contribution in [0.15, 0.2) is 65.2 Å². The summed E-state index contributed by atoms with van der Waals surface area (Å²) in [7, 11) is 0.119. The summed E-state index contributed by atoms with van der Waals surface area (Å²) in [5, 5.41) is 0. The fourth-order valence-electron chi connectivity index (χ4n) is 3.17. The maximum Gasteiger partial charge on any atom is 0.269 e. The number of hydrazine groups is 1. The Balaban J connectivity index is 1.58. The highest BCUT2D eigenvalue weighted by molar-refractivity contribution is 7.89. The van der Waals surface area contributed by atoms with Crippen molar-refractivity contribution in [2.75, 3.05) is 27.2 Å². The number of quaternary nitrogens is 1. The van der Waals surface area contributed by atoms with Gasteiger partial charge in [-0.25, -0.2) is 8.42 Å². The summed E-state index contributed by atoms with van der Waals surface area (Å²) in [5.74, 6) is -0.227. The van der Waals surface area contributed by atoms with E-state index in [9.17, 15) is 13.2 Å². The van der Waals surface area contributed by atoms with Crippen LogP contribution in [0.1, 0.15) is 27.9 Å². The van der Waals surface area contributed by atoms with Gasteiger partial charge in [0.25, 0.3) is 5.91 Å². The average molecular weight is 430 g/mol. The van der Waals surface area contributed by atoms with E-state index < -0.39 is 10.0 Å². The number of hydrogen-bond acceptors (Lipinski definition) is 4. The number of nitrogens with zero attached hydrogens (tertiary/aromatic N) is 1. The van der Waals surface area contributed by atoms with Crippen molar-refractivity contribution < 1.29 is 18.1 Å². The van der Waals surface area contributed by atoms with Gasteiger partial charge in [0, 0.05) is 31.3 Å². The second-order valence-electron chi connectivity index (χ2n) is 7.74. The van der Waals surface area contributed by atoms with Crippen LogP contribution in [0.5, 0.6) is 0 Å². The van der Waals surface area contributed by atoms with Crippen LogP contribution in [0.4, 0.5) is 0 Å². The first-order valence-electron chi connectivity index (χ1n) is 9.94. The van der Waals surface area contributed by atoms with E-state index >= 15 is 0 Å². The molecule has 0 fully saturated rings. The summed E-state index contributed by atoms with van der Waals surface area (Å²) < 4.78 is 26.8. The third-order valence-electron chi connectivity index (χ3n) is 5.21. The zero-order valence-electron chi connectivity index (χ0n) is 17.6. The van der Waals surface area contributed by atoms with Gasteiger partial charge in [-0.05, 0) is 42.8 Å². The van der Waals surface area contributed by atoms with Gasteiger partial charge in [0.2, 0.25) is 10.0 Å². The molecule has 3 rings (SSSR count). The molecule has 0 saturated carbocycles. The van der Waals surface area contributed by atoms with Crippen molar-refractivity contribution in [2.45, 2.75) is 24.8 Å². The van der Waals surface area contributed by atoms with E-state index in [1.807, 2.05) is 6.92 Å². The maximum atomic E-state index is 12.7. The number of carbonyl (C=O) groups excluding carboxylic acids is 1. The van der Waals surface area contributed by atoms with Crippen molar-refractivity contribution in [1.29, 1.82) is 0 Å². The number of sulfonamides is 1. The molecule has 0 spiro atoms. The molecule has 0 aromatic heterocycles. The first-order valence-corrected chi connectivity index (χ1v) is 11.4. The number of hydrogen-bond donors (Lipinski definition) is 3. The lowest BCUT2D eigenvalue weighted by atomic mass is 10.1. The van der Waals surface area contributed by atoms with Crippen LogP contribution < -0.4 is 15.8 Å². The summed E-state index contributed by atoms with van der Waals surface area (Å²) in [6, 6.07) is 13.7. The minimum absolute atomic E-state index is 0.221. The van der Waals surface area contributed by atoms with Crippen LogP contribution in [0.25, 0.3) is 0 Å². The minimum Gasteiger partial charge on any atom is -0.334 e. The monoisotopic (exact) mass is 429 g/mol. The van der Waals surface area contributed by atoms with E-state index in [4.69, 9.17) is 0 Å². The molecule has 0 bridgehead atoms. The predicted molar refractivity (Wildman–Crippen MR) is 116 cm³/mol. The third-order valence-corrected chi connectivity index (χ3v) is 7.02. The van der Waals surface area contributed by atoms with E-state index in [2.05, 4.69) is 24.0 Å². The second-order valence-corrected chi connectivity index (χ2v) is 9.79. The first kappa shape index (κ1) is 22.0. The molecular weight excluding hydrogens is 400 g/mol. The molecule has 1 aliphatic rings. The van der Waals surface area contributed by atoms with Crippen LogP contribution in [-0.2, 0) is 16.6 Å². The fourth-order valence-corrected chi connectivity index (χ4v) is 4.33. The van der Waals surface area contributed by atoms with Gasteiger partial charge in [0.1, 0.15) is 0 Å². The zero-order chi connectivity index (χ0) is 21.7. The molecule has 2 aromatic carbocycles. The molecule has 1 unspecified atom stereocenters. The van der Waals surface area contributed by atoms with Gasteiger partial charge < -0.3 is 10.3 Å². The van der Waals surface area contributed by atoms with E-state index in [0.29, 0.717) is 5.56 Å². The number of nitrogens with one attached hydrogen (secondary N) is 3. The van der Waals surface area contributed by atoms with E-state index in [0.717, 1.165) is 36.3 Å². The van der Waals surface area contributed by atoms with Gasteiger partial charge in [0.05, 0.1) is 25.0 Å². The highest BCUT2D eigenvalue weighted by Gasteiger charge is 2.21. The maximum absolute atomic E-state index is 12.7. The van der Waals surface area contributed by atoms with Crippen molar-refractivity contribution in [2.24, 2.45) is 0 Å². The van der Waals surface area contributed by atoms with Crippen LogP contribution in [-0.4, -0.2) is 45.8 Å². The molecule has 1 amide bonds. The van der Waals surface area contributed by atoms with Crippen LogP contribution >= 0.6 is 0 Å². The molecule has 1 aliphatic heterocycles. The quantitative estimate of drug-likeness (QED) is 0.570. The predicted octanol–water partition coefficient (Wildman–Crippen LogP) is 0.852. The molecule has 0 saturated heterocycles. The normalized spacial score (nSPS) is 16.8. The third kappa shape index (κ3) is 5.47. The van der Waals surface area contributed by atoms with E-state index in [-0.39, 0.29) is 17.3 Å². The van der Waals surface area contributed by atoms with Crippen molar-refractivity contribution in [3.8, 4) is 0 Å². The van der Waals surface area contributed by atoms with Gasteiger partial charge in [-0.15, -0.1) is 0 Å². The number of aryl methyl sites for hydroxylation is 1. The van der Waals surface area contributed by atoms with Crippen LogP contribution in [0.2, 0.25) is 0 Å². The van der Waals surface area contributed by atoms with Crippen molar-refractivity contribution in [3.05, 3.63) is 77.0 Å². The molecule has 1 atom stereocenters. The molecule has 7 nitrogen and oxygen atoms in total. The minimum atomic E-state index is -3.57. The highest BCUT2D eigenvalue weighted by Crippen LogP contribution is 2.17. The van der Waals surface area contributed by atoms with Crippen molar-refractivity contribution in [1.82, 2.24) is 15.2 Å². The highest BCUT2D eigenvalue weighted by atomic mass is 32.2. The SMILES string of the molecule is Cc1ccc(S(=O)(=O)N(C)Cc2ccc(C(=O)NNC3=CC[NH+](C)CC3)cc2)cc1. The molecule has 1 heterocycles. The van der Waals surface area contributed by atoms with Crippen LogP contribution in [0, 0.1) is 6.92 Å². The number of carbonyl (C=O) groups is 1. The van der Waals surface area contributed by atoms with E-state index in [1.165, 1.54) is 9.21 Å². The Labute approximate surface area is 178 Å². The average Bonchev–Trinajstić information content (AvgIpc) is 2.74. The lowest BCUT2D eigenvalue weighted by Gasteiger charge is -2.20. The summed E-state index contributed by atoms with van der Waals surface area (Å²) in [6.45, 7) is 4.10. The molecule has 3 N–H and O–H groups in total. The molecule has 0 radical (unpaired) electrons. The number of benzene rings is 2. The Hall–Kier alpha value is -2.68. The molecule has 2 aromatic rings. The van der Waals surface area contributed by atoms with Crippen LogP contribution in [0.3, 0.4) is 0 Å². The molecule has 0 aliphatic carbocycles. The second kappa shape index (κ2) is 9.42. The Bertz CT molecular complexity index is 1020. The Morgan fingerprint density at radius 3 is 2.37 bits per heavy atom. The standard InChI is InChI=1S/C22H28N4O3S/c1-17-4-10-21(11-5-17)30(28,29)26(3)16-18-6-8-19(9-7-18)22(27)24-23-20-12-14-25(2)15-13-20/h4-12,23H,13-16H2,1-3H3,(H,24,27)/p+1. The summed E-state index contributed by atoms with van der Waals surface area (Å²) in [4.78, 5) is 14.1. The Morgan fingerprint density at radius 1 is 1.10 bits per heavy atom. The summed E-state index contributed by atoms with van der Waals surface area (Å²) in [5.41, 5.74) is 9.05. The number of rotatable bonds is 7. The number of likely N-dealkylation sites (N-methyl/N-ethyl adjacent to an activating group) is 1. The lowest BCUT2D eigenvalue weighted by molar-refractivity contribution is -0.875. The van der Waals surface area contributed by atoms with Crippen molar-refractivity contribution in [3.63, 3.8) is 0 Å². The van der Waals surface area contributed by atoms with Gasteiger partial charge in [-0.2, -0.15) is 4.31 Å². The summed E-state index contributed by atoms with van der Waals surface area (Å²) in [6.07, 6.45) is 2.99. The Morgan fingerprint density at radius 2 is 1.77 bits per heavy atom. The van der Waals surface area contributed by atoms with Gasteiger partial charge in [-0.3, -0.25) is 10.2 Å². The zero-order valence-corrected chi connectivity index (χ0v) is 18.4. The lowest BCUT2D eigenvalue weighted by Crippen LogP contribution is -3.09. The largest absolute Gasteiger partial charge is 0.334 e. The van der Waals surface area contributed by atoms with Gasteiger partial charge >= 0.3 is 0 Å². The summed E-state index contributed by atoms with van der Waals surface area (Å²) >= 11 is 0. The molecule has 160 valence electrons. The van der Waals surface area contributed by atoms with Crippen molar-refractivity contribution >= 4 is 15.9 Å². The van der Waals surface area contributed by atoms with Gasteiger partial charge in [-0.1, -0.05) is 29.8 Å². The Kier molecular flexibility index (Phi) is 6.91. The molecule has 30 heavy (non-hydrogen) atoms. The van der Waals surface area contributed by atoms with E-state index in [1.54, 1.807) is 55.6 Å². The first-order chi connectivity index (χ1) is 14.3. The topological polar surface area (TPSA) is 83.0 Å². The fraction of sp³-hybridized carbons (Fsp3) is 0.318. The molecule has 8 heteroatoms.